The summed E-state index contributed by atoms with van der Waals surface area (Å²) in [6.07, 6.45) is -5.67. The lowest BCUT2D eigenvalue weighted by Crippen LogP contribution is -2.38. The van der Waals surface area contributed by atoms with Crippen molar-refractivity contribution < 1.29 is 32.1 Å². The van der Waals surface area contributed by atoms with E-state index in [1.807, 2.05) is 0 Å². The van der Waals surface area contributed by atoms with E-state index in [4.69, 9.17) is 19.5 Å². The van der Waals surface area contributed by atoms with Crippen molar-refractivity contribution in [3.63, 3.8) is 0 Å². The highest BCUT2D eigenvalue weighted by molar-refractivity contribution is 5.71. The van der Waals surface area contributed by atoms with Gasteiger partial charge in [0.15, 0.2) is 0 Å². The van der Waals surface area contributed by atoms with Crippen LogP contribution in [-0.4, -0.2) is 33.1 Å². The minimum absolute atomic E-state index is 0.0153. The standard InChI is InChI=1S/C21H15F3N4O4/c22-21(23,24)15-16(10-4-2-1-3-5-10)27-31-18(15)20-26-19(28-32-20)11-6-7-12-14(8-11)30-9-13(25)17(12)29/h1-8,13,17,29H,9,25H2/t13-,17+/m1/s1. The van der Waals surface area contributed by atoms with Gasteiger partial charge in [-0.3, -0.25) is 0 Å². The predicted octanol–water partition coefficient (Wildman–Crippen LogP) is 3.83. The molecule has 1 aliphatic rings. The van der Waals surface area contributed by atoms with Crippen LogP contribution in [0.2, 0.25) is 0 Å². The number of ether oxygens (including phenoxy) is 1. The van der Waals surface area contributed by atoms with Crippen LogP contribution in [0.4, 0.5) is 13.2 Å². The first kappa shape index (κ1) is 20.2. The van der Waals surface area contributed by atoms with E-state index in [9.17, 15) is 18.3 Å². The van der Waals surface area contributed by atoms with E-state index < -0.39 is 35.5 Å². The molecule has 2 aromatic heterocycles. The highest BCUT2D eigenvalue weighted by atomic mass is 19.4. The summed E-state index contributed by atoms with van der Waals surface area (Å²) >= 11 is 0. The Morgan fingerprint density at radius 1 is 1.00 bits per heavy atom. The van der Waals surface area contributed by atoms with Gasteiger partial charge in [0.1, 0.15) is 29.7 Å². The van der Waals surface area contributed by atoms with Gasteiger partial charge in [-0.15, -0.1) is 0 Å². The van der Waals surface area contributed by atoms with Gasteiger partial charge in [0.05, 0.1) is 6.04 Å². The summed E-state index contributed by atoms with van der Waals surface area (Å²) in [5.74, 6) is -0.750. The Bertz CT molecular complexity index is 1270. The summed E-state index contributed by atoms with van der Waals surface area (Å²) in [6.45, 7) is 0.115. The summed E-state index contributed by atoms with van der Waals surface area (Å²) in [4.78, 5) is 4.06. The van der Waals surface area contributed by atoms with Crippen molar-refractivity contribution in [1.29, 1.82) is 0 Å². The average molecular weight is 444 g/mol. The number of aromatic nitrogens is 3. The van der Waals surface area contributed by atoms with Crippen molar-refractivity contribution >= 4 is 0 Å². The predicted molar refractivity (Wildman–Crippen MR) is 104 cm³/mol. The van der Waals surface area contributed by atoms with Gasteiger partial charge in [-0.1, -0.05) is 52.8 Å². The van der Waals surface area contributed by atoms with Crippen LogP contribution in [0.1, 0.15) is 17.2 Å². The van der Waals surface area contributed by atoms with Crippen LogP contribution in [-0.2, 0) is 6.18 Å². The smallest absolute Gasteiger partial charge is 0.422 e. The summed E-state index contributed by atoms with van der Waals surface area (Å²) in [5, 5.41) is 17.5. The molecule has 0 unspecified atom stereocenters. The number of nitrogens with two attached hydrogens (primary N) is 1. The maximum Gasteiger partial charge on any atom is 0.422 e. The molecular weight excluding hydrogens is 429 g/mol. The van der Waals surface area contributed by atoms with Crippen LogP contribution >= 0.6 is 0 Å². The topological polar surface area (TPSA) is 120 Å². The molecule has 3 heterocycles. The highest BCUT2D eigenvalue weighted by Crippen LogP contribution is 2.43. The molecule has 5 rings (SSSR count). The van der Waals surface area contributed by atoms with Crippen molar-refractivity contribution in [3.8, 4) is 40.0 Å². The number of fused-ring (bicyclic) bond motifs is 1. The summed E-state index contributed by atoms with van der Waals surface area (Å²) < 4.78 is 57.2. The van der Waals surface area contributed by atoms with E-state index >= 15 is 0 Å². The molecule has 11 heteroatoms. The molecule has 0 spiro atoms. The molecule has 4 aromatic rings. The Kier molecular flexibility index (Phi) is 4.72. The largest absolute Gasteiger partial charge is 0.491 e. The second-order valence-electron chi connectivity index (χ2n) is 7.19. The maximum atomic E-state index is 13.9. The van der Waals surface area contributed by atoms with Gasteiger partial charge in [0.2, 0.25) is 11.6 Å². The van der Waals surface area contributed by atoms with Crippen LogP contribution in [0, 0.1) is 0 Å². The lowest BCUT2D eigenvalue weighted by Gasteiger charge is -2.27. The molecule has 0 radical (unpaired) electrons. The third-order valence-electron chi connectivity index (χ3n) is 5.07. The minimum Gasteiger partial charge on any atom is -0.491 e. The quantitative estimate of drug-likeness (QED) is 0.489. The second kappa shape index (κ2) is 7.46. The second-order valence-corrected chi connectivity index (χ2v) is 7.19. The Morgan fingerprint density at radius 3 is 2.53 bits per heavy atom. The van der Waals surface area contributed by atoms with E-state index in [1.165, 1.54) is 12.1 Å². The number of nitrogens with zero attached hydrogens (tertiary/aromatic N) is 3. The molecule has 0 amide bonds. The van der Waals surface area contributed by atoms with Crippen molar-refractivity contribution in [1.82, 2.24) is 15.3 Å². The molecule has 0 saturated carbocycles. The molecule has 32 heavy (non-hydrogen) atoms. The molecule has 0 fully saturated rings. The third kappa shape index (κ3) is 3.41. The van der Waals surface area contributed by atoms with Gasteiger partial charge in [-0.2, -0.15) is 18.2 Å². The molecule has 164 valence electrons. The van der Waals surface area contributed by atoms with Crippen molar-refractivity contribution in [2.24, 2.45) is 5.73 Å². The molecule has 0 aliphatic carbocycles. The van der Waals surface area contributed by atoms with Crippen LogP contribution in [0.3, 0.4) is 0 Å². The highest BCUT2D eigenvalue weighted by Gasteiger charge is 2.43. The number of alkyl halides is 3. The first-order valence-electron chi connectivity index (χ1n) is 9.50. The zero-order valence-electron chi connectivity index (χ0n) is 16.2. The molecule has 8 nitrogen and oxygen atoms in total. The fraction of sp³-hybridized carbons (Fsp3) is 0.190. The fourth-order valence-corrected chi connectivity index (χ4v) is 3.48. The number of hydrogen-bond donors (Lipinski definition) is 2. The summed E-state index contributed by atoms with van der Waals surface area (Å²) in [7, 11) is 0. The number of hydrogen-bond acceptors (Lipinski definition) is 8. The van der Waals surface area contributed by atoms with Gasteiger partial charge in [0.25, 0.3) is 5.89 Å². The number of aliphatic hydroxyl groups excluding tert-OH is 1. The van der Waals surface area contributed by atoms with E-state index in [2.05, 4.69) is 15.3 Å². The molecule has 2 atom stereocenters. The van der Waals surface area contributed by atoms with Gasteiger partial charge < -0.3 is 24.6 Å². The third-order valence-corrected chi connectivity index (χ3v) is 5.07. The van der Waals surface area contributed by atoms with Crippen LogP contribution in [0.5, 0.6) is 5.75 Å². The number of aliphatic hydroxyl groups is 1. The van der Waals surface area contributed by atoms with Gasteiger partial charge >= 0.3 is 6.18 Å². The lowest BCUT2D eigenvalue weighted by molar-refractivity contribution is -0.136. The van der Waals surface area contributed by atoms with Gasteiger partial charge in [-0.05, 0) is 6.07 Å². The van der Waals surface area contributed by atoms with E-state index in [0.29, 0.717) is 16.9 Å². The fourth-order valence-electron chi connectivity index (χ4n) is 3.48. The van der Waals surface area contributed by atoms with Crippen molar-refractivity contribution in [2.45, 2.75) is 18.3 Å². The molecule has 2 aromatic carbocycles. The Morgan fingerprint density at radius 2 is 1.78 bits per heavy atom. The Hall–Kier alpha value is -3.70. The summed E-state index contributed by atoms with van der Waals surface area (Å²) in [6, 6.07) is 12.0. The Labute approximate surface area is 178 Å². The Balaban J connectivity index is 1.54. The van der Waals surface area contributed by atoms with Crippen molar-refractivity contribution in [2.75, 3.05) is 6.61 Å². The van der Waals surface area contributed by atoms with Crippen LogP contribution in [0.25, 0.3) is 34.3 Å². The minimum atomic E-state index is -4.77. The lowest BCUT2D eigenvalue weighted by atomic mass is 9.98. The van der Waals surface area contributed by atoms with E-state index in [1.54, 1.807) is 36.4 Å². The zero-order chi connectivity index (χ0) is 22.5. The van der Waals surface area contributed by atoms with E-state index in [-0.39, 0.29) is 23.7 Å². The average Bonchev–Trinajstić information content (AvgIpc) is 3.44. The summed E-state index contributed by atoms with van der Waals surface area (Å²) in [5.41, 5.74) is 5.45. The first-order chi connectivity index (χ1) is 15.3. The molecular formula is C21H15F3N4O4. The normalized spacial score (nSPS) is 18.3. The molecule has 1 aliphatic heterocycles. The monoisotopic (exact) mass is 444 g/mol. The SMILES string of the molecule is N[C@@H]1COc2cc(-c3noc(-c4onc(-c5ccccc5)c4C(F)(F)F)n3)ccc2[C@@H]1O. The van der Waals surface area contributed by atoms with Gasteiger partial charge in [-0.25, -0.2) is 0 Å². The molecule has 3 N–H and O–H groups in total. The van der Waals surface area contributed by atoms with Gasteiger partial charge in [0, 0.05) is 16.7 Å². The van der Waals surface area contributed by atoms with Crippen LogP contribution in [0.15, 0.2) is 57.6 Å². The number of rotatable bonds is 3. The molecule has 0 saturated heterocycles. The molecule has 0 bridgehead atoms. The maximum absolute atomic E-state index is 13.9. The van der Waals surface area contributed by atoms with Crippen LogP contribution < -0.4 is 10.5 Å². The van der Waals surface area contributed by atoms with Crippen molar-refractivity contribution in [3.05, 3.63) is 59.7 Å². The number of benzene rings is 2. The first-order valence-corrected chi connectivity index (χ1v) is 9.50. The van der Waals surface area contributed by atoms with E-state index in [0.717, 1.165) is 0 Å². The zero-order valence-corrected chi connectivity index (χ0v) is 16.2. The number of halogens is 3.